The number of aryl methyl sites for hydroxylation is 1. The number of ether oxygens (including phenoxy) is 1. The maximum absolute atomic E-state index is 10.2. The van der Waals surface area contributed by atoms with Crippen LogP contribution < -0.4 is 4.74 Å². The molecule has 0 saturated heterocycles. The maximum atomic E-state index is 10.2. The molecule has 0 saturated carbocycles. The van der Waals surface area contributed by atoms with Gasteiger partial charge in [0.1, 0.15) is 12.0 Å². The Morgan fingerprint density at radius 1 is 1.77 bits per heavy atom. The topological polar surface area (TPSA) is 59.7 Å². The summed E-state index contributed by atoms with van der Waals surface area (Å²) in [4.78, 5) is 10.2. The summed E-state index contributed by atoms with van der Waals surface area (Å²) in [5.74, 6) is -0.106. The molecule has 4 nitrogen and oxygen atoms in total. The van der Waals surface area contributed by atoms with Gasteiger partial charge in [-0.3, -0.25) is 0 Å². The Balaban J connectivity index is 2.78. The Morgan fingerprint density at radius 2 is 2.46 bits per heavy atom. The molecule has 0 amide bonds. The molecule has 0 aliphatic carbocycles. The highest BCUT2D eigenvalue weighted by Crippen LogP contribution is 2.14. The minimum absolute atomic E-state index is 0.281. The molecule has 0 radical (unpaired) electrons. The average molecular weight is 200 g/mol. The highest BCUT2D eigenvalue weighted by Gasteiger charge is 2.01. The van der Waals surface area contributed by atoms with Crippen molar-refractivity contribution < 1.29 is 19.1 Å². The van der Waals surface area contributed by atoms with Crippen LogP contribution in [0.2, 0.25) is 0 Å². The third kappa shape index (κ3) is 2.87. The summed E-state index contributed by atoms with van der Waals surface area (Å²) >= 11 is 4.91. The van der Waals surface area contributed by atoms with Gasteiger partial charge in [0.15, 0.2) is 12.4 Å². The summed E-state index contributed by atoms with van der Waals surface area (Å²) in [6, 6.07) is 1.60. The Kier molecular flexibility index (Phi) is 3.02. The van der Waals surface area contributed by atoms with Crippen LogP contribution in [0.25, 0.3) is 0 Å². The van der Waals surface area contributed by atoms with Crippen molar-refractivity contribution in [1.29, 1.82) is 0 Å². The van der Waals surface area contributed by atoms with E-state index >= 15 is 0 Å². The highest BCUT2D eigenvalue weighted by molar-refractivity contribution is 7.71. The molecule has 1 rings (SSSR count). The van der Waals surface area contributed by atoms with Gasteiger partial charge in [-0.05, 0) is 13.0 Å². The second-order valence-corrected chi connectivity index (χ2v) is 2.84. The van der Waals surface area contributed by atoms with Crippen LogP contribution >= 0.6 is 12.2 Å². The molecule has 0 fully saturated rings. The minimum atomic E-state index is -1.05. The van der Waals surface area contributed by atoms with E-state index in [4.69, 9.17) is 26.5 Å². The number of hydrogen-bond acceptors (Lipinski definition) is 4. The first-order valence-electron chi connectivity index (χ1n) is 3.53. The lowest BCUT2D eigenvalue weighted by atomic mass is 10.4. The van der Waals surface area contributed by atoms with Gasteiger partial charge in [-0.25, -0.2) is 4.79 Å². The second-order valence-electron chi connectivity index (χ2n) is 2.40. The van der Waals surface area contributed by atoms with Crippen molar-refractivity contribution in [2.75, 3.05) is 6.61 Å². The number of hydrogen-bond donors (Lipinski definition) is 1. The van der Waals surface area contributed by atoms with Crippen LogP contribution in [-0.2, 0) is 4.79 Å². The summed E-state index contributed by atoms with van der Waals surface area (Å²) in [6.07, 6.45) is 1.31. The van der Waals surface area contributed by atoms with Crippen LogP contribution in [0.1, 0.15) is 5.76 Å². The number of carbonyl (C=O) groups is 1. The first-order valence-corrected chi connectivity index (χ1v) is 3.94. The zero-order valence-electron chi connectivity index (χ0n) is 6.94. The minimum Gasteiger partial charge on any atom is -0.479 e. The van der Waals surface area contributed by atoms with Crippen molar-refractivity contribution >= 4 is 18.2 Å². The molecule has 1 N–H and O–H groups in total. The fraction of sp³-hybridized carbons (Fsp3) is 0.250. The Labute approximate surface area is 79.8 Å². The molecule has 0 unspecified atom stereocenters. The van der Waals surface area contributed by atoms with E-state index in [2.05, 4.69) is 0 Å². The zero-order chi connectivity index (χ0) is 9.84. The Hall–Kier alpha value is -1.36. The highest BCUT2D eigenvalue weighted by atomic mass is 32.1. The molecule has 70 valence electrons. The monoisotopic (exact) mass is 200 g/mol. The van der Waals surface area contributed by atoms with E-state index < -0.39 is 12.6 Å². The molecule has 0 aliphatic heterocycles. The van der Waals surface area contributed by atoms with Crippen LogP contribution in [0.15, 0.2) is 16.7 Å². The van der Waals surface area contributed by atoms with Crippen LogP contribution in [0.4, 0.5) is 0 Å². The van der Waals surface area contributed by atoms with Crippen molar-refractivity contribution in [2.24, 2.45) is 0 Å². The number of rotatable bonds is 3. The van der Waals surface area contributed by atoms with Crippen LogP contribution in [0, 0.1) is 11.4 Å². The van der Waals surface area contributed by atoms with Gasteiger partial charge >= 0.3 is 5.97 Å². The SMILES string of the molecule is Cc1cc(=S)c(OCC(=O)O)co1. The van der Waals surface area contributed by atoms with E-state index in [1.165, 1.54) is 6.26 Å². The number of carboxylic acid groups (broad SMARTS) is 1. The Bertz CT molecular complexity index is 369. The molecule has 0 bridgehead atoms. The standard InChI is InChI=1S/C8H8O4S/c1-5-2-7(13)6(3-11-5)12-4-8(9)10/h2-3H,4H2,1H3,(H,9,10). The molecular formula is C8H8O4S. The van der Waals surface area contributed by atoms with Crippen molar-refractivity contribution in [1.82, 2.24) is 0 Å². The van der Waals surface area contributed by atoms with Gasteiger partial charge in [-0.2, -0.15) is 0 Å². The van der Waals surface area contributed by atoms with E-state index in [1.54, 1.807) is 13.0 Å². The predicted molar refractivity (Wildman–Crippen MR) is 47.4 cm³/mol. The normalized spacial score (nSPS) is 9.62. The van der Waals surface area contributed by atoms with Crippen LogP contribution in [-0.4, -0.2) is 17.7 Å². The molecular weight excluding hydrogens is 192 g/mol. The smallest absolute Gasteiger partial charge is 0.341 e. The molecule has 0 aromatic carbocycles. The molecule has 13 heavy (non-hydrogen) atoms. The van der Waals surface area contributed by atoms with Gasteiger partial charge in [-0.1, -0.05) is 12.2 Å². The molecule has 5 heteroatoms. The fourth-order valence-corrected chi connectivity index (χ4v) is 1.01. The first kappa shape index (κ1) is 9.73. The molecule has 1 aromatic rings. The van der Waals surface area contributed by atoms with E-state index in [9.17, 15) is 4.79 Å². The lowest BCUT2D eigenvalue weighted by molar-refractivity contribution is -0.139. The van der Waals surface area contributed by atoms with Gasteiger partial charge in [-0.15, -0.1) is 0 Å². The van der Waals surface area contributed by atoms with Crippen molar-refractivity contribution in [3.8, 4) is 5.75 Å². The summed E-state index contributed by atoms with van der Waals surface area (Å²) < 4.78 is 10.3. The van der Waals surface area contributed by atoms with Crippen LogP contribution in [0.5, 0.6) is 5.75 Å². The van der Waals surface area contributed by atoms with Gasteiger partial charge < -0.3 is 14.3 Å². The van der Waals surface area contributed by atoms with E-state index in [-0.39, 0.29) is 5.75 Å². The average Bonchev–Trinajstić information content (AvgIpc) is 2.02. The lowest BCUT2D eigenvalue weighted by Crippen LogP contribution is -2.09. The third-order valence-electron chi connectivity index (χ3n) is 1.28. The maximum Gasteiger partial charge on any atom is 0.341 e. The summed E-state index contributed by atoms with van der Waals surface area (Å²) in [6.45, 7) is 1.33. The predicted octanol–water partition coefficient (Wildman–Crippen LogP) is 1.78. The lowest BCUT2D eigenvalue weighted by Gasteiger charge is -2.02. The molecule has 0 atom stereocenters. The fourth-order valence-electron chi connectivity index (χ4n) is 0.739. The van der Waals surface area contributed by atoms with Gasteiger partial charge in [0.25, 0.3) is 0 Å². The van der Waals surface area contributed by atoms with Gasteiger partial charge in [0.2, 0.25) is 0 Å². The largest absolute Gasteiger partial charge is 0.479 e. The third-order valence-corrected chi connectivity index (χ3v) is 1.60. The number of aliphatic carboxylic acids is 1. The number of carboxylic acids is 1. The molecule has 0 spiro atoms. The molecule has 1 heterocycles. The van der Waals surface area contributed by atoms with Gasteiger partial charge in [0.05, 0.1) is 4.51 Å². The van der Waals surface area contributed by atoms with Crippen molar-refractivity contribution in [3.63, 3.8) is 0 Å². The van der Waals surface area contributed by atoms with E-state index in [1.807, 2.05) is 0 Å². The first-order chi connectivity index (χ1) is 6.09. The van der Waals surface area contributed by atoms with Crippen molar-refractivity contribution in [3.05, 3.63) is 22.6 Å². The Morgan fingerprint density at radius 3 is 3.00 bits per heavy atom. The quantitative estimate of drug-likeness (QED) is 0.753. The molecule has 0 aliphatic rings. The van der Waals surface area contributed by atoms with Crippen molar-refractivity contribution in [2.45, 2.75) is 6.92 Å². The second kappa shape index (κ2) is 4.04. The van der Waals surface area contributed by atoms with E-state index in [0.29, 0.717) is 10.3 Å². The summed E-state index contributed by atoms with van der Waals surface area (Å²) in [5, 5.41) is 8.33. The van der Waals surface area contributed by atoms with E-state index in [0.717, 1.165) is 0 Å². The summed E-state index contributed by atoms with van der Waals surface area (Å²) in [5.41, 5.74) is 0. The zero-order valence-corrected chi connectivity index (χ0v) is 7.76. The van der Waals surface area contributed by atoms with Crippen LogP contribution in [0.3, 0.4) is 0 Å². The summed E-state index contributed by atoms with van der Waals surface area (Å²) in [7, 11) is 0. The van der Waals surface area contributed by atoms with Gasteiger partial charge in [0, 0.05) is 0 Å². The molecule has 1 aromatic heterocycles.